The molecular formula is C18H18N4O4. The van der Waals surface area contributed by atoms with E-state index in [1.807, 2.05) is 6.92 Å². The number of nitrogens with two attached hydrogens (primary N) is 1. The highest BCUT2D eigenvalue weighted by atomic mass is 16.8. The maximum absolute atomic E-state index is 10.2. The Kier molecular flexibility index (Phi) is 3.27. The first kappa shape index (κ1) is 16.6. The fourth-order valence-electron chi connectivity index (χ4n) is 4.39. The quantitative estimate of drug-likeness (QED) is 0.867. The molecule has 2 aliphatic heterocycles. The zero-order chi connectivity index (χ0) is 18.7. The summed E-state index contributed by atoms with van der Waals surface area (Å²) in [5.41, 5.74) is 4.07. The Labute approximate surface area is 150 Å². The van der Waals surface area contributed by atoms with Crippen LogP contribution in [0.25, 0.3) is 0 Å². The van der Waals surface area contributed by atoms with Gasteiger partial charge >= 0.3 is 0 Å². The van der Waals surface area contributed by atoms with Crippen LogP contribution in [0.3, 0.4) is 0 Å². The van der Waals surface area contributed by atoms with Crippen LogP contribution in [0.5, 0.6) is 11.5 Å². The van der Waals surface area contributed by atoms with E-state index in [4.69, 9.17) is 24.7 Å². The molecular weight excluding hydrogens is 336 g/mol. The van der Waals surface area contributed by atoms with Gasteiger partial charge in [-0.25, -0.2) is 4.99 Å². The van der Waals surface area contributed by atoms with Crippen molar-refractivity contribution >= 4 is 5.84 Å². The van der Waals surface area contributed by atoms with Crippen LogP contribution in [-0.2, 0) is 9.47 Å². The van der Waals surface area contributed by atoms with Gasteiger partial charge in [-0.2, -0.15) is 10.5 Å². The largest absolute Gasteiger partial charge is 0.497 e. The standard InChI is InChI=1S/C18H18N4O4/c1-10-7-25-18(26-10)17(9-20)14(16(17,8-19)15(21)22-18)12-6-11(23-2)4-5-13(12)24-3/h4-6,10,14H,7H2,1-3H3,(H2,21,22)/t10-,14-,16-,17-,18+/m1/s1. The van der Waals surface area contributed by atoms with Gasteiger partial charge in [0.1, 0.15) is 22.7 Å². The smallest absolute Gasteiger partial charge is 0.293 e. The minimum Gasteiger partial charge on any atom is -0.497 e. The Morgan fingerprint density at radius 2 is 2.04 bits per heavy atom. The lowest BCUT2D eigenvalue weighted by Crippen LogP contribution is -2.39. The van der Waals surface area contributed by atoms with Gasteiger partial charge in [0.05, 0.1) is 39.1 Å². The minimum atomic E-state index is -1.58. The number of ether oxygens (including phenoxy) is 4. The zero-order valence-electron chi connectivity index (χ0n) is 14.6. The summed E-state index contributed by atoms with van der Waals surface area (Å²) in [6, 6.07) is 9.72. The summed E-state index contributed by atoms with van der Waals surface area (Å²) in [7, 11) is 3.07. The molecule has 0 amide bonds. The molecule has 0 unspecified atom stereocenters. The monoisotopic (exact) mass is 354 g/mol. The summed E-state index contributed by atoms with van der Waals surface area (Å²) in [6.45, 7) is 2.09. The molecule has 0 aromatic heterocycles. The van der Waals surface area contributed by atoms with E-state index in [-0.39, 0.29) is 18.5 Å². The van der Waals surface area contributed by atoms with E-state index >= 15 is 0 Å². The van der Waals surface area contributed by atoms with E-state index in [9.17, 15) is 10.5 Å². The van der Waals surface area contributed by atoms with Gasteiger partial charge in [0.2, 0.25) is 0 Å². The van der Waals surface area contributed by atoms with Crippen molar-refractivity contribution in [2.24, 2.45) is 21.6 Å². The van der Waals surface area contributed by atoms with Gasteiger partial charge in [0.15, 0.2) is 5.41 Å². The fraction of sp³-hybridized carbons (Fsp3) is 0.500. The summed E-state index contributed by atoms with van der Waals surface area (Å²) < 4.78 is 22.5. The molecule has 1 spiro atoms. The maximum atomic E-state index is 10.2. The van der Waals surface area contributed by atoms with E-state index in [1.54, 1.807) is 25.3 Å². The lowest BCUT2D eigenvalue weighted by molar-refractivity contribution is -0.193. The first-order chi connectivity index (χ1) is 12.5. The van der Waals surface area contributed by atoms with Crippen LogP contribution in [0, 0.1) is 33.5 Å². The minimum absolute atomic E-state index is 0.0468. The van der Waals surface area contributed by atoms with Crippen LogP contribution >= 0.6 is 0 Å². The Balaban J connectivity index is 1.94. The molecule has 8 heteroatoms. The van der Waals surface area contributed by atoms with E-state index in [0.717, 1.165) is 0 Å². The molecule has 8 nitrogen and oxygen atoms in total. The van der Waals surface area contributed by atoms with Crippen LogP contribution in [0.4, 0.5) is 0 Å². The highest BCUT2D eigenvalue weighted by Gasteiger charge is 2.94. The Morgan fingerprint density at radius 3 is 2.58 bits per heavy atom. The highest BCUT2D eigenvalue weighted by molar-refractivity contribution is 6.00. The third kappa shape index (κ3) is 1.57. The third-order valence-corrected chi connectivity index (χ3v) is 5.55. The number of rotatable bonds is 3. The van der Waals surface area contributed by atoms with Crippen LogP contribution in [0.2, 0.25) is 0 Å². The number of amidine groups is 1. The number of fused-ring (bicyclic) bond motifs is 2. The summed E-state index contributed by atoms with van der Waals surface area (Å²) in [6.07, 6.45) is -0.264. The first-order valence-electron chi connectivity index (χ1n) is 8.18. The Hall–Kier alpha value is -2.81. The number of methoxy groups -OCH3 is 2. The average Bonchev–Trinajstić information content (AvgIpc) is 3.04. The lowest BCUT2D eigenvalue weighted by atomic mass is 9.93. The maximum Gasteiger partial charge on any atom is 0.293 e. The summed E-state index contributed by atoms with van der Waals surface area (Å²) >= 11 is 0. The predicted octanol–water partition coefficient (Wildman–Crippen LogP) is 1.28. The van der Waals surface area contributed by atoms with E-state index < -0.39 is 22.7 Å². The predicted molar refractivity (Wildman–Crippen MR) is 89.2 cm³/mol. The fourth-order valence-corrected chi connectivity index (χ4v) is 4.39. The number of hydrogen-bond donors (Lipinski definition) is 1. The SMILES string of the molecule is COc1ccc(OC)c([C@H]2[C@@]3(C#N)[C@]4(N=C(N)[C@@]23C#N)OC[C@@H](C)O4)c1. The molecule has 1 saturated carbocycles. The van der Waals surface area contributed by atoms with Gasteiger partial charge < -0.3 is 24.7 Å². The summed E-state index contributed by atoms with van der Waals surface area (Å²) in [5.74, 6) is -1.04. The number of benzene rings is 1. The molecule has 134 valence electrons. The van der Waals surface area contributed by atoms with Gasteiger partial charge in [-0.05, 0) is 25.1 Å². The van der Waals surface area contributed by atoms with Gasteiger partial charge in [-0.15, -0.1) is 0 Å². The van der Waals surface area contributed by atoms with E-state index in [0.29, 0.717) is 17.1 Å². The molecule has 3 aliphatic rings. The number of nitriles is 2. The average molecular weight is 354 g/mol. The van der Waals surface area contributed by atoms with Crippen molar-refractivity contribution in [3.05, 3.63) is 23.8 Å². The van der Waals surface area contributed by atoms with Crippen LogP contribution in [0.15, 0.2) is 23.2 Å². The molecule has 2 fully saturated rings. The Morgan fingerprint density at radius 1 is 1.27 bits per heavy atom. The molecule has 1 saturated heterocycles. The van der Waals surface area contributed by atoms with Crippen molar-refractivity contribution in [1.29, 1.82) is 10.5 Å². The van der Waals surface area contributed by atoms with Crippen molar-refractivity contribution in [3.63, 3.8) is 0 Å². The van der Waals surface area contributed by atoms with Crippen LogP contribution in [-0.4, -0.2) is 38.7 Å². The normalized spacial score (nSPS) is 39.7. The summed E-state index contributed by atoms with van der Waals surface area (Å²) in [4.78, 5) is 4.29. The second-order valence-corrected chi connectivity index (χ2v) is 6.70. The van der Waals surface area contributed by atoms with Crippen molar-refractivity contribution in [2.75, 3.05) is 20.8 Å². The van der Waals surface area contributed by atoms with Crippen LogP contribution in [0.1, 0.15) is 18.4 Å². The second kappa shape index (κ2) is 5.10. The third-order valence-electron chi connectivity index (χ3n) is 5.55. The molecule has 1 aromatic carbocycles. The number of hydrogen-bond acceptors (Lipinski definition) is 8. The van der Waals surface area contributed by atoms with Crippen LogP contribution < -0.4 is 15.2 Å². The number of nitrogens with zero attached hydrogens (tertiary/aromatic N) is 3. The highest BCUT2D eigenvalue weighted by Crippen LogP contribution is 2.83. The lowest BCUT2D eigenvalue weighted by Gasteiger charge is -2.26. The van der Waals surface area contributed by atoms with Gasteiger partial charge in [-0.3, -0.25) is 0 Å². The zero-order valence-corrected chi connectivity index (χ0v) is 14.6. The van der Waals surface area contributed by atoms with Crippen molar-refractivity contribution < 1.29 is 18.9 Å². The summed E-state index contributed by atoms with van der Waals surface area (Å²) in [5, 5.41) is 20.2. The second-order valence-electron chi connectivity index (χ2n) is 6.70. The first-order valence-corrected chi connectivity index (χ1v) is 8.18. The van der Waals surface area contributed by atoms with E-state index in [1.165, 1.54) is 7.11 Å². The molecule has 0 bridgehead atoms. The molecule has 1 aromatic rings. The van der Waals surface area contributed by atoms with Crippen molar-refractivity contribution in [3.8, 4) is 23.6 Å². The molecule has 5 atom stereocenters. The van der Waals surface area contributed by atoms with Gasteiger partial charge in [0, 0.05) is 11.5 Å². The molecule has 26 heavy (non-hydrogen) atoms. The van der Waals surface area contributed by atoms with Crippen molar-refractivity contribution in [1.82, 2.24) is 0 Å². The number of aliphatic imine (C=N–C) groups is 1. The molecule has 1 aliphatic carbocycles. The molecule has 0 radical (unpaired) electrons. The van der Waals surface area contributed by atoms with Gasteiger partial charge in [-0.1, -0.05) is 0 Å². The molecule has 4 rings (SSSR count). The van der Waals surface area contributed by atoms with Gasteiger partial charge in [0.25, 0.3) is 5.91 Å². The molecule has 2 N–H and O–H groups in total. The molecule has 2 heterocycles. The Bertz CT molecular complexity index is 903. The van der Waals surface area contributed by atoms with Crippen molar-refractivity contribution in [2.45, 2.75) is 24.9 Å². The van der Waals surface area contributed by atoms with E-state index in [2.05, 4.69) is 17.1 Å². The topological polar surface area (TPSA) is 123 Å².